The molecule has 27 heavy (non-hydrogen) atoms. The summed E-state index contributed by atoms with van der Waals surface area (Å²) in [5, 5.41) is 2.73. The number of likely N-dealkylation sites (N-methyl/N-ethyl adjacent to an activating group) is 1. The smallest absolute Gasteiger partial charge is 0.315 e. The van der Waals surface area contributed by atoms with Crippen molar-refractivity contribution < 1.29 is 14.3 Å². The van der Waals surface area contributed by atoms with Gasteiger partial charge in [0.15, 0.2) is 6.61 Å². The first-order valence-electron chi connectivity index (χ1n) is 9.17. The lowest BCUT2D eigenvalue weighted by atomic mass is 10.1. The lowest BCUT2D eigenvalue weighted by Crippen LogP contribution is -2.46. The molecule has 2 aliphatic rings. The summed E-state index contributed by atoms with van der Waals surface area (Å²) in [7, 11) is 0. The molecule has 1 amide bonds. The van der Waals surface area contributed by atoms with Crippen LogP contribution in [0, 0.1) is 5.41 Å². The van der Waals surface area contributed by atoms with Gasteiger partial charge in [0, 0.05) is 44.0 Å². The molecule has 3 rings (SSSR count). The molecule has 1 aliphatic carbocycles. The molecule has 8 heteroatoms. The molecular weight excluding hydrogens is 389 g/mol. The molecular formula is C19H25Cl2N3O3. The Morgan fingerprint density at radius 2 is 1.74 bits per heavy atom. The Morgan fingerprint density at radius 3 is 2.26 bits per heavy atom. The van der Waals surface area contributed by atoms with E-state index in [9.17, 15) is 9.59 Å². The van der Waals surface area contributed by atoms with Gasteiger partial charge in [-0.3, -0.25) is 9.59 Å². The van der Waals surface area contributed by atoms with Gasteiger partial charge in [0.05, 0.1) is 0 Å². The van der Waals surface area contributed by atoms with Gasteiger partial charge in [0.25, 0.3) is 5.91 Å². The van der Waals surface area contributed by atoms with Crippen LogP contribution in [0.1, 0.15) is 20.3 Å². The first-order chi connectivity index (χ1) is 12.7. The Hall–Kier alpha value is -1.50. The zero-order chi connectivity index (χ0) is 19.7. The highest BCUT2D eigenvalue weighted by Gasteiger charge is 2.69. The Kier molecular flexibility index (Phi) is 5.89. The van der Waals surface area contributed by atoms with Crippen LogP contribution < -0.4 is 10.2 Å². The van der Waals surface area contributed by atoms with Crippen LogP contribution in [0.5, 0.6) is 0 Å². The van der Waals surface area contributed by atoms with Crippen molar-refractivity contribution in [1.82, 2.24) is 4.90 Å². The van der Waals surface area contributed by atoms with Crippen LogP contribution in [0.3, 0.4) is 0 Å². The lowest BCUT2D eigenvalue weighted by molar-refractivity contribution is -0.152. The van der Waals surface area contributed by atoms with Crippen molar-refractivity contribution in [3.8, 4) is 0 Å². The van der Waals surface area contributed by atoms with Crippen molar-refractivity contribution in [2.45, 2.75) is 24.6 Å². The summed E-state index contributed by atoms with van der Waals surface area (Å²) in [6, 6.07) is 7.69. The zero-order valence-corrected chi connectivity index (χ0v) is 17.1. The van der Waals surface area contributed by atoms with E-state index in [1.165, 1.54) is 0 Å². The van der Waals surface area contributed by atoms with Crippen LogP contribution >= 0.6 is 23.2 Å². The second-order valence-electron chi connectivity index (χ2n) is 7.31. The second-order valence-corrected chi connectivity index (χ2v) is 8.79. The van der Waals surface area contributed by atoms with Gasteiger partial charge in [0.1, 0.15) is 9.75 Å². The Balaban J connectivity index is 1.46. The van der Waals surface area contributed by atoms with E-state index in [-0.39, 0.29) is 6.61 Å². The number of nitrogens with one attached hydrogen (secondary N) is 1. The van der Waals surface area contributed by atoms with Crippen molar-refractivity contribution in [2.75, 3.05) is 49.5 Å². The normalized spacial score (nSPS) is 24.4. The number of esters is 1. The van der Waals surface area contributed by atoms with Crippen LogP contribution in [-0.2, 0) is 14.3 Å². The number of ether oxygens (including phenoxy) is 1. The molecule has 0 aromatic heterocycles. The summed E-state index contributed by atoms with van der Waals surface area (Å²) < 4.78 is 3.95. The minimum Gasteiger partial charge on any atom is -0.455 e. The highest BCUT2D eigenvalue weighted by Crippen LogP contribution is 2.64. The minimum absolute atomic E-state index is 0.331. The average molecular weight is 414 g/mol. The Morgan fingerprint density at radius 1 is 1.15 bits per heavy atom. The van der Waals surface area contributed by atoms with Crippen molar-refractivity contribution in [3.63, 3.8) is 0 Å². The van der Waals surface area contributed by atoms with E-state index < -0.39 is 21.6 Å². The predicted molar refractivity (Wildman–Crippen MR) is 108 cm³/mol. The standard InChI is InChI=1S/C19H25Cl2N3O3/c1-3-23-8-10-24(11-9-23)15-6-4-14(5-7-15)22-16(25)12-27-17(26)18(2)13-19(18,20)21/h4-7H,3,8-13H2,1-2H3,(H,22,25). The summed E-state index contributed by atoms with van der Waals surface area (Å²) in [5.74, 6) is -0.948. The van der Waals surface area contributed by atoms with E-state index in [0.717, 1.165) is 38.4 Å². The number of hydrogen-bond acceptors (Lipinski definition) is 5. The number of piperazine rings is 1. The summed E-state index contributed by atoms with van der Waals surface area (Å²) in [6.45, 7) is 8.64. The summed E-state index contributed by atoms with van der Waals surface area (Å²) >= 11 is 11.9. The third-order valence-corrected chi connectivity index (χ3v) is 6.48. The molecule has 0 spiro atoms. The topological polar surface area (TPSA) is 61.9 Å². The number of hydrogen-bond donors (Lipinski definition) is 1. The van der Waals surface area contributed by atoms with E-state index in [1.807, 2.05) is 24.3 Å². The monoisotopic (exact) mass is 413 g/mol. The van der Waals surface area contributed by atoms with Gasteiger partial charge in [-0.25, -0.2) is 0 Å². The number of rotatable bonds is 6. The third-order valence-electron chi connectivity index (χ3n) is 5.38. The fourth-order valence-corrected chi connectivity index (χ4v) is 3.88. The predicted octanol–water partition coefficient (Wildman–Crippen LogP) is 2.89. The van der Waals surface area contributed by atoms with Gasteiger partial charge in [-0.05, 0) is 37.7 Å². The van der Waals surface area contributed by atoms with Crippen molar-refractivity contribution in [3.05, 3.63) is 24.3 Å². The summed E-state index contributed by atoms with van der Waals surface area (Å²) in [6.07, 6.45) is 0.331. The van der Waals surface area contributed by atoms with E-state index in [0.29, 0.717) is 12.1 Å². The number of carbonyl (C=O) groups is 2. The van der Waals surface area contributed by atoms with Gasteiger partial charge in [0.2, 0.25) is 0 Å². The Bertz CT molecular complexity index is 703. The maximum Gasteiger partial charge on any atom is 0.315 e. The van der Waals surface area contributed by atoms with Gasteiger partial charge >= 0.3 is 5.97 Å². The van der Waals surface area contributed by atoms with E-state index in [1.54, 1.807) is 6.92 Å². The van der Waals surface area contributed by atoms with Crippen molar-refractivity contribution >= 4 is 46.5 Å². The first kappa shape index (κ1) is 20.2. The fourth-order valence-electron chi connectivity index (χ4n) is 3.19. The second kappa shape index (κ2) is 7.86. The van der Waals surface area contributed by atoms with Gasteiger partial charge in [-0.1, -0.05) is 6.92 Å². The number of benzene rings is 1. The molecule has 0 bridgehead atoms. The number of carbonyl (C=O) groups excluding carboxylic acids is 2. The quantitative estimate of drug-likeness (QED) is 0.573. The van der Waals surface area contributed by atoms with E-state index >= 15 is 0 Å². The average Bonchev–Trinajstić information content (AvgIpc) is 3.19. The number of alkyl halides is 2. The SMILES string of the molecule is CCN1CCN(c2ccc(NC(=O)COC(=O)C3(C)CC3(Cl)Cl)cc2)CC1. The molecule has 2 fully saturated rings. The number of halogens is 2. The summed E-state index contributed by atoms with van der Waals surface area (Å²) in [4.78, 5) is 28.8. The van der Waals surface area contributed by atoms with Crippen LogP contribution in [0.25, 0.3) is 0 Å². The van der Waals surface area contributed by atoms with Crippen LogP contribution in [0.15, 0.2) is 24.3 Å². The number of anilines is 2. The maximum atomic E-state index is 12.0. The fraction of sp³-hybridized carbons (Fsp3) is 0.579. The van der Waals surface area contributed by atoms with Crippen molar-refractivity contribution in [2.24, 2.45) is 5.41 Å². The van der Waals surface area contributed by atoms with Crippen LogP contribution in [0.4, 0.5) is 11.4 Å². The molecule has 1 saturated carbocycles. The van der Waals surface area contributed by atoms with Gasteiger partial charge in [-0.2, -0.15) is 0 Å². The summed E-state index contributed by atoms with van der Waals surface area (Å²) in [5.41, 5.74) is 0.867. The third kappa shape index (κ3) is 4.50. The lowest BCUT2D eigenvalue weighted by Gasteiger charge is -2.35. The molecule has 1 heterocycles. The molecule has 1 N–H and O–H groups in total. The molecule has 1 atom stereocenters. The Labute approximate surface area is 169 Å². The largest absolute Gasteiger partial charge is 0.455 e. The molecule has 148 valence electrons. The molecule has 1 aromatic rings. The molecule has 1 aromatic carbocycles. The maximum absolute atomic E-state index is 12.0. The highest BCUT2D eigenvalue weighted by atomic mass is 35.5. The first-order valence-corrected chi connectivity index (χ1v) is 9.93. The van der Waals surface area contributed by atoms with E-state index in [2.05, 4.69) is 22.0 Å². The molecule has 1 unspecified atom stereocenters. The molecule has 1 saturated heterocycles. The van der Waals surface area contributed by atoms with Gasteiger partial charge in [-0.15, -0.1) is 23.2 Å². The van der Waals surface area contributed by atoms with Crippen LogP contribution in [0.2, 0.25) is 0 Å². The highest BCUT2D eigenvalue weighted by molar-refractivity contribution is 6.53. The van der Waals surface area contributed by atoms with Crippen LogP contribution in [-0.4, -0.2) is 60.4 Å². The molecule has 1 aliphatic heterocycles. The van der Waals surface area contributed by atoms with Crippen molar-refractivity contribution in [1.29, 1.82) is 0 Å². The zero-order valence-electron chi connectivity index (χ0n) is 15.6. The van der Waals surface area contributed by atoms with E-state index in [4.69, 9.17) is 27.9 Å². The minimum atomic E-state index is -1.10. The van der Waals surface area contributed by atoms with Gasteiger partial charge < -0.3 is 19.9 Å². The molecule has 0 radical (unpaired) electrons. The number of amides is 1. The molecule has 6 nitrogen and oxygen atoms in total. The number of nitrogens with zero attached hydrogens (tertiary/aromatic N) is 2.